The van der Waals surface area contributed by atoms with Crippen LogP contribution in [0.5, 0.6) is 0 Å². The third-order valence-corrected chi connectivity index (χ3v) is 10.1. The molecule has 326 valence electrons. The number of carbonyl (C=O) groups is 2. The Balaban J connectivity index is 4.74. The fourth-order valence-corrected chi connectivity index (χ4v) is 6.61. The van der Waals surface area contributed by atoms with Crippen molar-refractivity contribution in [1.82, 2.24) is 5.32 Å². The summed E-state index contributed by atoms with van der Waals surface area (Å²) in [6.07, 6.45) is 56.4. The van der Waals surface area contributed by atoms with Gasteiger partial charge < -0.3 is 20.3 Å². The van der Waals surface area contributed by atoms with E-state index >= 15 is 0 Å². The fraction of sp³-hybridized carbons (Fsp3) is 0.686. The van der Waals surface area contributed by atoms with E-state index in [1.807, 2.05) is 48.6 Å². The first-order valence-corrected chi connectivity index (χ1v) is 23.4. The number of allylic oxidation sites excluding steroid dienone is 14. The van der Waals surface area contributed by atoms with Crippen LogP contribution in [0.15, 0.2) is 85.1 Å². The van der Waals surface area contributed by atoms with Crippen LogP contribution in [0.3, 0.4) is 0 Å². The molecule has 57 heavy (non-hydrogen) atoms. The molecule has 6 heteroatoms. The standard InChI is InChI=1S/C51H87NO5/c1-4-7-10-13-16-19-22-24-26-29-32-35-38-41-44-51(56)57-47(42-39-36-33-30-28-25-23-20-17-14-11-8-5-2)45-50(55)52-48(46-53)49(54)43-40-37-34-31-27-21-18-15-12-9-6-3/h7-8,10-11,14,16-17,19-20,23,25,28,30,33,47-49,53-54H,4-6,9,12-13,15,18,21-22,24,26-27,29,31-32,34-46H2,1-3H3,(H,52,55)/b10-7+,11-8+,17-14+,19-16+,23-20-,28-25-,33-30+. The Kier molecular flexibility index (Phi) is 41.9. The van der Waals surface area contributed by atoms with Crippen LogP contribution >= 0.6 is 0 Å². The Hall–Kier alpha value is -2.96. The molecule has 0 spiro atoms. The molecule has 0 radical (unpaired) electrons. The van der Waals surface area contributed by atoms with Gasteiger partial charge in [-0.05, 0) is 64.2 Å². The first kappa shape index (κ1) is 54.0. The lowest BCUT2D eigenvalue weighted by Crippen LogP contribution is -2.46. The van der Waals surface area contributed by atoms with Gasteiger partial charge in [0.1, 0.15) is 6.10 Å². The SMILES string of the molecule is CC/C=C/C=C/C=C\C=C/C=C/CCCC(CC(=O)NC(CO)C(O)CCCCCCCCCCCCC)OC(=O)CCCCCCCCC/C=C/C/C=C/CC. The van der Waals surface area contributed by atoms with Gasteiger partial charge in [0.25, 0.3) is 0 Å². The lowest BCUT2D eigenvalue weighted by molar-refractivity contribution is -0.151. The zero-order valence-corrected chi connectivity index (χ0v) is 36.9. The van der Waals surface area contributed by atoms with E-state index in [1.54, 1.807) is 0 Å². The zero-order chi connectivity index (χ0) is 41.7. The minimum atomic E-state index is -0.810. The van der Waals surface area contributed by atoms with Crippen molar-refractivity contribution in [3.05, 3.63) is 85.1 Å². The van der Waals surface area contributed by atoms with E-state index in [2.05, 4.69) is 62.5 Å². The van der Waals surface area contributed by atoms with Gasteiger partial charge in [0.05, 0.1) is 25.2 Å². The topological polar surface area (TPSA) is 95.9 Å². The van der Waals surface area contributed by atoms with E-state index in [0.717, 1.165) is 77.0 Å². The molecule has 1 amide bonds. The molecule has 0 aliphatic heterocycles. The summed E-state index contributed by atoms with van der Waals surface area (Å²) in [5, 5.41) is 23.6. The van der Waals surface area contributed by atoms with Crippen LogP contribution < -0.4 is 5.32 Å². The van der Waals surface area contributed by atoms with Crippen LogP contribution in [-0.4, -0.2) is 46.9 Å². The number of aliphatic hydroxyl groups excluding tert-OH is 2. The minimum Gasteiger partial charge on any atom is -0.462 e. The van der Waals surface area contributed by atoms with Gasteiger partial charge in [0, 0.05) is 6.42 Å². The Labute approximate surface area is 351 Å². The van der Waals surface area contributed by atoms with Crippen molar-refractivity contribution in [2.45, 2.75) is 219 Å². The maximum atomic E-state index is 13.1. The number of carbonyl (C=O) groups excluding carboxylic acids is 2. The molecule has 0 saturated carbocycles. The molecular weight excluding hydrogens is 707 g/mol. The van der Waals surface area contributed by atoms with Crippen molar-refractivity contribution in [1.29, 1.82) is 0 Å². The van der Waals surface area contributed by atoms with Crippen molar-refractivity contribution >= 4 is 11.9 Å². The summed E-state index contributed by atoms with van der Waals surface area (Å²) in [5.74, 6) is -0.564. The number of hydrogen-bond acceptors (Lipinski definition) is 5. The molecule has 0 aromatic rings. The second-order valence-electron chi connectivity index (χ2n) is 15.5. The maximum Gasteiger partial charge on any atom is 0.306 e. The highest BCUT2D eigenvalue weighted by molar-refractivity contribution is 5.77. The van der Waals surface area contributed by atoms with Crippen molar-refractivity contribution in [2.24, 2.45) is 0 Å². The van der Waals surface area contributed by atoms with E-state index in [4.69, 9.17) is 4.74 Å². The monoisotopic (exact) mass is 794 g/mol. The molecule has 3 N–H and O–H groups in total. The summed E-state index contributed by atoms with van der Waals surface area (Å²) < 4.78 is 5.87. The largest absolute Gasteiger partial charge is 0.462 e. The van der Waals surface area contributed by atoms with Crippen molar-refractivity contribution in [3.63, 3.8) is 0 Å². The molecule has 0 aliphatic rings. The quantitative estimate of drug-likeness (QED) is 0.0248. The van der Waals surface area contributed by atoms with Gasteiger partial charge in [-0.1, -0.05) is 209 Å². The average molecular weight is 794 g/mol. The molecule has 3 atom stereocenters. The van der Waals surface area contributed by atoms with Crippen LogP contribution in [0.25, 0.3) is 0 Å². The van der Waals surface area contributed by atoms with Crippen molar-refractivity contribution in [3.8, 4) is 0 Å². The summed E-state index contributed by atoms with van der Waals surface area (Å²) in [4.78, 5) is 26.0. The molecule has 0 fully saturated rings. The van der Waals surface area contributed by atoms with Crippen LogP contribution in [-0.2, 0) is 14.3 Å². The fourth-order valence-electron chi connectivity index (χ4n) is 6.61. The Morgan fingerprint density at radius 3 is 1.65 bits per heavy atom. The van der Waals surface area contributed by atoms with E-state index in [-0.39, 0.29) is 24.9 Å². The molecule has 0 heterocycles. The van der Waals surface area contributed by atoms with E-state index < -0.39 is 18.2 Å². The molecule has 0 rings (SSSR count). The van der Waals surface area contributed by atoms with Crippen molar-refractivity contribution < 1.29 is 24.5 Å². The van der Waals surface area contributed by atoms with Crippen LogP contribution in [0, 0.1) is 0 Å². The van der Waals surface area contributed by atoms with Gasteiger partial charge in [-0.2, -0.15) is 0 Å². The number of esters is 1. The second kappa shape index (κ2) is 44.1. The van der Waals surface area contributed by atoms with Gasteiger partial charge in [-0.15, -0.1) is 0 Å². The van der Waals surface area contributed by atoms with Crippen LogP contribution in [0.2, 0.25) is 0 Å². The van der Waals surface area contributed by atoms with E-state index in [9.17, 15) is 19.8 Å². The summed E-state index contributed by atoms with van der Waals surface area (Å²) in [6, 6.07) is -0.728. The maximum absolute atomic E-state index is 13.1. The molecular formula is C51H87NO5. The highest BCUT2D eigenvalue weighted by atomic mass is 16.5. The summed E-state index contributed by atoms with van der Waals surface area (Å²) in [6.45, 7) is 6.18. The van der Waals surface area contributed by atoms with Crippen LogP contribution in [0.1, 0.15) is 201 Å². The highest BCUT2D eigenvalue weighted by Gasteiger charge is 2.24. The zero-order valence-electron chi connectivity index (χ0n) is 36.9. The number of aliphatic hydroxyl groups is 2. The molecule has 3 unspecified atom stereocenters. The Morgan fingerprint density at radius 2 is 1.05 bits per heavy atom. The van der Waals surface area contributed by atoms with Gasteiger partial charge in [0.2, 0.25) is 5.91 Å². The van der Waals surface area contributed by atoms with Gasteiger partial charge >= 0.3 is 5.97 Å². The summed E-state index contributed by atoms with van der Waals surface area (Å²) >= 11 is 0. The first-order chi connectivity index (χ1) is 28.0. The molecule has 0 saturated heterocycles. The smallest absolute Gasteiger partial charge is 0.306 e. The normalized spacial score (nSPS) is 14.1. The summed E-state index contributed by atoms with van der Waals surface area (Å²) in [5.41, 5.74) is 0. The highest BCUT2D eigenvalue weighted by Crippen LogP contribution is 2.16. The van der Waals surface area contributed by atoms with Gasteiger partial charge in [0.15, 0.2) is 0 Å². The number of nitrogens with one attached hydrogen (secondary N) is 1. The molecule has 0 aromatic carbocycles. The van der Waals surface area contributed by atoms with Gasteiger partial charge in [-0.25, -0.2) is 0 Å². The Bertz CT molecular complexity index is 1120. The number of hydrogen-bond donors (Lipinski definition) is 3. The number of rotatable bonds is 40. The molecule has 6 nitrogen and oxygen atoms in total. The van der Waals surface area contributed by atoms with E-state index in [1.165, 1.54) is 77.0 Å². The van der Waals surface area contributed by atoms with Crippen LogP contribution in [0.4, 0.5) is 0 Å². The third kappa shape index (κ3) is 39.6. The predicted octanol–water partition coefficient (Wildman–Crippen LogP) is 13.6. The predicted molar refractivity (Wildman–Crippen MR) is 245 cm³/mol. The van der Waals surface area contributed by atoms with Crippen molar-refractivity contribution in [2.75, 3.05) is 6.61 Å². The molecule has 0 aliphatic carbocycles. The molecule has 0 bridgehead atoms. The third-order valence-electron chi connectivity index (χ3n) is 10.1. The van der Waals surface area contributed by atoms with E-state index in [0.29, 0.717) is 19.3 Å². The number of amides is 1. The molecule has 0 aromatic heterocycles. The lowest BCUT2D eigenvalue weighted by Gasteiger charge is -2.24. The lowest BCUT2D eigenvalue weighted by atomic mass is 10.0. The first-order valence-electron chi connectivity index (χ1n) is 23.4. The Morgan fingerprint density at radius 1 is 0.544 bits per heavy atom. The minimum absolute atomic E-state index is 0.0212. The number of unbranched alkanes of at least 4 members (excludes halogenated alkanes) is 18. The second-order valence-corrected chi connectivity index (χ2v) is 15.5. The summed E-state index contributed by atoms with van der Waals surface area (Å²) in [7, 11) is 0. The number of ether oxygens (including phenoxy) is 1. The average Bonchev–Trinajstić information content (AvgIpc) is 3.20. The van der Waals surface area contributed by atoms with Gasteiger partial charge in [-0.3, -0.25) is 9.59 Å².